The highest BCUT2D eigenvalue weighted by Crippen LogP contribution is 2.77. The Morgan fingerprint density at radius 2 is 1.53 bits per heavy atom. The number of ether oxygens (including phenoxy) is 2. The minimum Gasteiger partial charge on any atom is -0.462 e. The zero-order valence-corrected chi connectivity index (χ0v) is 29.8. The minimum atomic E-state index is -0.534. The van der Waals surface area contributed by atoms with E-state index >= 15 is 0 Å². The molecule has 45 heavy (non-hydrogen) atoms. The van der Waals surface area contributed by atoms with Gasteiger partial charge in [0, 0.05) is 10.8 Å². The van der Waals surface area contributed by atoms with Crippen LogP contribution in [0.2, 0.25) is 0 Å². The number of allylic oxidation sites excluding steroid dienone is 1. The molecule has 5 heteroatoms. The fraction of sp³-hybridized carbons (Fsp3) is 0.825. The molecule has 5 aliphatic carbocycles. The van der Waals surface area contributed by atoms with Crippen molar-refractivity contribution in [3.63, 3.8) is 0 Å². The molecule has 0 heterocycles. The first-order valence-electron chi connectivity index (χ1n) is 18.0. The minimum absolute atomic E-state index is 0.124. The van der Waals surface area contributed by atoms with Crippen molar-refractivity contribution in [1.29, 1.82) is 0 Å². The second kappa shape index (κ2) is 11.7. The molecule has 0 aromatic carbocycles. The summed E-state index contributed by atoms with van der Waals surface area (Å²) in [6.07, 6.45) is 14.3. The molecule has 0 spiro atoms. The van der Waals surface area contributed by atoms with Crippen molar-refractivity contribution in [3.8, 4) is 0 Å². The second-order valence-electron chi connectivity index (χ2n) is 18.4. The van der Waals surface area contributed by atoms with Crippen LogP contribution in [-0.4, -0.2) is 30.9 Å². The van der Waals surface area contributed by atoms with Gasteiger partial charge in [0.2, 0.25) is 0 Å². The van der Waals surface area contributed by atoms with E-state index < -0.39 is 5.41 Å². The monoisotopic (exact) mass is 622 g/mol. The Morgan fingerprint density at radius 3 is 2.18 bits per heavy atom. The lowest BCUT2D eigenvalue weighted by Gasteiger charge is -2.72. The van der Waals surface area contributed by atoms with Gasteiger partial charge in [-0.05, 0) is 122 Å². The van der Waals surface area contributed by atoms with Crippen molar-refractivity contribution in [2.75, 3.05) is 6.61 Å². The van der Waals surface area contributed by atoms with E-state index in [1.807, 2.05) is 13.8 Å². The van der Waals surface area contributed by atoms with E-state index in [0.29, 0.717) is 29.6 Å². The molecular formula is C40H62O5. The summed E-state index contributed by atoms with van der Waals surface area (Å²) in [6, 6.07) is 0. The van der Waals surface area contributed by atoms with Crippen molar-refractivity contribution in [1.82, 2.24) is 0 Å². The molecule has 0 aromatic heterocycles. The molecule has 0 radical (unpaired) electrons. The molecule has 10 atom stereocenters. The summed E-state index contributed by atoms with van der Waals surface area (Å²) in [4.78, 5) is 38.3. The van der Waals surface area contributed by atoms with Crippen molar-refractivity contribution >= 4 is 18.2 Å². The molecule has 3 unspecified atom stereocenters. The lowest BCUT2D eigenvalue weighted by Crippen LogP contribution is -2.66. The Balaban J connectivity index is 1.33. The van der Waals surface area contributed by atoms with E-state index in [9.17, 15) is 14.4 Å². The van der Waals surface area contributed by atoms with Crippen LogP contribution in [0.5, 0.6) is 0 Å². The van der Waals surface area contributed by atoms with Crippen LogP contribution in [0.25, 0.3) is 0 Å². The Bertz CT molecular complexity index is 1210. The van der Waals surface area contributed by atoms with E-state index in [1.165, 1.54) is 31.1 Å². The van der Waals surface area contributed by atoms with E-state index in [2.05, 4.69) is 54.7 Å². The standard InChI is InChI=1S/C40H62O5/c1-11-22-44-32(42)23-35(4,5)24-33(43)45-31-16-17-37(8)29(36(31,6)7)15-18-39(10)30(37)13-12-28-34-27(26(2)3)14-19-40(34,25-41)21-20-38(28,39)9/h11,25,27-31,34H,1-2,12-24H2,3-10H3/t27-,28+,29?,30?,31-,34?,37-,38+,39+,40+/m0/s1. The van der Waals surface area contributed by atoms with E-state index in [0.717, 1.165) is 44.9 Å². The van der Waals surface area contributed by atoms with Crippen LogP contribution >= 0.6 is 0 Å². The van der Waals surface area contributed by atoms with E-state index in [1.54, 1.807) is 6.08 Å². The van der Waals surface area contributed by atoms with Gasteiger partial charge >= 0.3 is 11.9 Å². The van der Waals surface area contributed by atoms with Crippen LogP contribution in [0, 0.1) is 62.1 Å². The SMILES string of the molecule is C=CCOC(=O)CC(C)(C)CC(=O)O[C@H]1CC[C@@]2(C)C(CC[C@]3(C)C2CC[C@@H]2C4[C@H](C(=C)C)CC[C@]4(C=O)CC[C@]23C)C1(C)C. The molecule has 5 aliphatic rings. The topological polar surface area (TPSA) is 69.7 Å². The Morgan fingerprint density at radius 1 is 0.844 bits per heavy atom. The lowest BCUT2D eigenvalue weighted by atomic mass is 9.32. The average molecular weight is 623 g/mol. The molecule has 5 rings (SSSR count). The predicted octanol–water partition coefficient (Wildman–Crippen LogP) is 9.29. The fourth-order valence-electron chi connectivity index (χ4n) is 12.8. The van der Waals surface area contributed by atoms with Gasteiger partial charge in [0.05, 0.1) is 12.8 Å². The normalized spacial score (nSPS) is 43.5. The number of hydrogen-bond acceptors (Lipinski definition) is 5. The Labute approximate surface area is 273 Å². The first kappa shape index (κ1) is 34.4. The molecule has 0 N–H and O–H groups in total. The number of carbonyl (C=O) groups excluding carboxylic acids is 3. The van der Waals surface area contributed by atoms with Crippen LogP contribution in [0.3, 0.4) is 0 Å². The van der Waals surface area contributed by atoms with Gasteiger partial charge in [0.25, 0.3) is 0 Å². The number of rotatable bonds is 9. The van der Waals surface area contributed by atoms with E-state index in [-0.39, 0.29) is 64.6 Å². The first-order valence-corrected chi connectivity index (χ1v) is 18.0. The summed E-state index contributed by atoms with van der Waals surface area (Å²) in [5.74, 6) is 2.06. The van der Waals surface area contributed by atoms with Crippen LogP contribution < -0.4 is 0 Å². The Hall–Kier alpha value is -1.91. The summed E-state index contributed by atoms with van der Waals surface area (Å²) in [7, 11) is 0. The molecule has 0 aliphatic heterocycles. The van der Waals surface area contributed by atoms with Gasteiger partial charge < -0.3 is 14.3 Å². The molecular weight excluding hydrogens is 560 g/mol. The molecule has 5 fully saturated rings. The summed E-state index contributed by atoms with van der Waals surface area (Å²) >= 11 is 0. The van der Waals surface area contributed by atoms with Gasteiger partial charge in [-0.1, -0.05) is 73.3 Å². The van der Waals surface area contributed by atoms with Crippen molar-refractivity contribution in [2.45, 2.75) is 139 Å². The van der Waals surface area contributed by atoms with E-state index in [4.69, 9.17) is 9.47 Å². The maximum atomic E-state index is 13.3. The number of fused-ring (bicyclic) bond motifs is 7. The molecule has 0 saturated heterocycles. The molecule has 0 aromatic rings. The molecule has 5 nitrogen and oxygen atoms in total. The number of aldehydes is 1. The maximum Gasteiger partial charge on any atom is 0.306 e. The third kappa shape index (κ3) is 5.38. The molecule has 5 saturated carbocycles. The summed E-state index contributed by atoms with van der Waals surface area (Å²) < 4.78 is 11.5. The maximum absolute atomic E-state index is 13.3. The third-order valence-corrected chi connectivity index (χ3v) is 15.2. The fourth-order valence-corrected chi connectivity index (χ4v) is 12.8. The number of hydrogen-bond donors (Lipinski definition) is 0. The number of esters is 2. The van der Waals surface area contributed by atoms with Gasteiger partial charge in [-0.3, -0.25) is 9.59 Å². The van der Waals surface area contributed by atoms with Gasteiger partial charge in [0.1, 0.15) is 19.0 Å². The average Bonchev–Trinajstić information content (AvgIpc) is 3.34. The highest BCUT2D eigenvalue weighted by atomic mass is 16.5. The highest BCUT2D eigenvalue weighted by molar-refractivity contribution is 5.74. The van der Waals surface area contributed by atoms with Crippen LogP contribution in [0.15, 0.2) is 24.8 Å². The largest absolute Gasteiger partial charge is 0.462 e. The smallest absolute Gasteiger partial charge is 0.306 e. The zero-order valence-electron chi connectivity index (χ0n) is 29.8. The second-order valence-corrected chi connectivity index (χ2v) is 18.4. The first-order chi connectivity index (χ1) is 20.9. The number of carbonyl (C=O) groups is 3. The molecule has 0 bridgehead atoms. The predicted molar refractivity (Wildman–Crippen MR) is 179 cm³/mol. The third-order valence-electron chi connectivity index (χ3n) is 15.2. The van der Waals surface area contributed by atoms with Gasteiger partial charge in [-0.25, -0.2) is 0 Å². The molecule has 252 valence electrons. The Kier molecular flexibility index (Phi) is 8.92. The molecule has 0 amide bonds. The highest BCUT2D eigenvalue weighted by Gasteiger charge is 2.71. The van der Waals surface area contributed by atoms with Crippen molar-refractivity contribution in [3.05, 3.63) is 24.8 Å². The van der Waals surface area contributed by atoms with Crippen LogP contribution in [-0.2, 0) is 23.9 Å². The van der Waals surface area contributed by atoms with Crippen LogP contribution in [0.4, 0.5) is 0 Å². The van der Waals surface area contributed by atoms with Crippen molar-refractivity contribution < 1.29 is 23.9 Å². The lowest BCUT2D eigenvalue weighted by molar-refractivity contribution is -0.248. The summed E-state index contributed by atoms with van der Waals surface area (Å²) in [6.45, 7) is 26.8. The van der Waals surface area contributed by atoms with Crippen LogP contribution in [0.1, 0.15) is 132 Å². The van der Waals surface area contributed by atoms with Crippen molar-refractivity contribution in [2.24, 2.45) is 62.1 Å². The quantitative estimate of drug-likeness (QED) is 0.146. The van der Waals surface area contributed by atoms with Gasteiger partial charge in [-0.2, -0.15) is 0 Å². The summed E-state index contributed by atoms with van der Waals surface area (Å²) in [5.41, 5.74) is 1.08. The van der Waals surface area contributed by atoms with Gasteiger partial charge in [-0.15, -0.1) is 0 Å². The zero-order chi connectivity index (χ0) is 33.2. The summed E-state index contributed by atoms with van der Waals surface area (Å²) in [5, 5.41) is 0. The van der Waals surface area contributed by atoms with Gasteiger partial charge in [0.15, 0.2) is 0 Å².